The van der Waals surface area contributed by atoms with Gasteiger partial charge in [0.05, 0.1) is 0 Å². The summed E-state index contributed by atoms with van der Waals surface area (Å²) in [6.07, 6.45) is 0.0990. The standard InChI is InChI=1S/C14H21Cl2NO/c1-9(2)14(8-17-10(3)4)18-13-6-11(15)5-12(16)7-13/h5-7,9-10,14,17H,8H2,1-4H3. The summed E-state index contributed by atoms with van der Waals surface area (Å²) in [4.78, 5) is 0. The van der Waals surface area contributed by atoms with E-state index in [9.17, 15) is 0 Å². The van der Waals surface area contributed by atoms with E-state index >= 15 is 0 Å². The van der Waals surface area contributed by atoms with E-state index in [-0.39, 0.29) is 6.10 Å². The lowest BCUT2D eigenvalue weighted by Gasteiger charge is -2.24. The first-order chi connectivity index (χ1) is 8.38. The first-order valence-corrected chi connectivity index (χ1v) is 7.00. The largest absolute Gasteiger partial charge is 0.489 e. The number of hydrogen-bond donors (Lipinski definition) is 1. The minimum absolute atomic E-state index is 0.0990. The Morgan fingerprint density at radius 1 is 1.06 bits per heavy atom. The van der Waals surface area contributed by atoms with Crippen molar-refractivity contribution in [1.82, 2.24) is 5.32 Å². The fourth-order valence-electron chi connectivity index (χ4n) is 1.54. The highest BCUT2D eigenvalue weighted by atomic mass is 35.5. The zero-order chi connectivity index (χ0) is 13.7. The summed E-state index contributed by atoms with van der Waals surface area (Å²) in [6, 6.07) is 5.72. The number of hydrogen-bond acceptors (Lipinski definition) is 2. The number of benzene rings is 1. The Morgan fingerprint density at radius 2 is 1.61 bits per heavy atom. The van der Waals surface area contributed by atoms with Crippen LogP contribution in [0.25, 0.3) is 0 Å². The van der Waals surface area contributed by atoms with Gasteiger partial charge < -0.3 is 10.1 Å². The average molecular weight is 290 g/mol. The number of nitrogens with one attached hydrogen (secondary N) is 1. The lowest BCUT2D eigenvalue weighted by atomic mass is 10.1. The van der Waals surface area contributed by atoms with Crippen LogP contribution in [0.2, 0.25) is 10.0 Å². The smallest absolute Gasteiger partial charge is 0.122 e. The summed E-state index contributed by atoms with van der Waals surface area (Å²) in [5, 5.41) is 4.57. The molecule has 0 saturated heterocycles. The third-order valence-corrected chi connectivity index (χ3v) is 3.03. The van der Waals surface area contributed by atoms with Crippen LogP contribution in [0, 0.1) is 5.92 Å². The van der Waals surface area contributed by atoms with E-state index in [1.54, 1.807) is 18.2 Å². The van der Waals surface area contributed by atoms with E-state index in [1.165, 1.54) is 0 Å². The summed E-state index contributed by atoms with van der Waals surface area (Å²) in [6.45, 7) is 9.32. The van der Waals surface area contributed by atoms with Crippen LogP contribution in [0.5, 0.6) is 5.75 Å². The van der Waals surface area contributed by atoms with Gasteiger partial charge in [-0.05, 0) is 24.1 Å². The van der Waals surface area contributed by atoms with Gasteiger partial charge in [0.2, 0.25) is 0 Å². The predicted molar refractivity (Wildman–Crippen MR) is 78.9 cm³/mol. The molecule has 18 heavy (non-hydrogen) atoms. The molecule has 102 valence electrons. The Bertz CT molecular complexity index is 360. The molecule has 1 atom stereocenters. The van der Waals surface area contributed by atoms with Crippen molar-refractivity contribution in [3.05, 3.63) is 28.2 Å². The molecular formula is C14H21Cl2NO. The fraction of sp³-hybridized carbons (Fsp3) is 0.571. The molecule has 1 unspecified atom stereocenters. The van der Waals surface area contributed by atoms with Crippen LogP contribution >= 0.6 is 23.2 Å². The van der Waals surface area contributed by atoms with Crippen molar-refractivity contribution in [1.29, 1.82) is 0 Å². The molecule has 1 aromatic carbocycles. The number of ether oxygens (including phenoxy) is 1. The van der Waals surface area contributed by atoms with Crippen molar-refractivity contribution in [2.45, 2.75) is 39.8 Å². The Kier molecular flexibility index (Phi) is 6.27. The highest BCUT2D eigenvalue weighted by molar-refractivity contribution is 6.34. The van der Waals surface area contributed by atoms with Crippen molar-refractivity contribution in [3.8, 4) is 5.75 Å². The van der Waals surface area contributed by atoms with Crippen LogP contribution < -0.4 is 10.1 Å². The lowest BCUT2D eigenvalue weighted by Crippen LogP contribution is -2.38. The summed E-state index contributed by atoms with van der Waals surface area (Å²) in [5.41, 5.74) is 0. The molecule has 0 amide bonds. The third-order valence-electron chi connectivity index (χ3n) is 2.59. The van der Waals surface area contributed by atoms with Crippen LogP contribution in [0.4, 0.5) is 0 Å². The zero-order valence-electron chi connectivity index (χ0n) is 11.3. The molecule has 1 aromatic rings. The molecule has 0 aliphatic carbocycles. The molecule has 1 rings (SSSR count). The van der Waals surface area contributed by atoms with E-state index in [0.29, 0.717) is 22.0 Å². The first kappa shape index (κ1) is 15.6. The maximum Gasteiger partial charge on any atom is 0.122 e. The lowest BCUT2D eigenvalue weighted by molar-refractivity contribution is 0.146. The molecule has 1 N–H and O–H groups in total. The monoisotopic (exact) mass is 289 g/mol. The minimum atomic E-state index is 0.0990. The topological polar surface area (TPSA) is 21.3 Å². The minimum Gasteiger partial charge on any atom is -0.489 e. The van der Waals surface area contributed by atoms with Gasteiger partial charge in [-0.15, -0.1) is 0 Å². The van der Waals surface area contributed by atoms with E-state index in [1.807, 2.05) is 0 Å². The Balaban J connectivity index is 2.70. The van der Waals surface area contributed by atoms with E-state index < -0.39 is 0 Å². The van der Waals surface area contributed by atoms with Crippen molar-refractivity contribution in [2.24, 2.45) is 5.92 Å². The van der Waals surface area contributed by atoms with Gasteiger partial charge in [-0.1, -0.05) is 50.9 Å². The van der Waals surface area contributed by atoms with Crippen LogP contribution in [-0.2, 0) is 0 Å². The molecule has 0 heterocycles. The maximum atomic E-state index is 5.96. The van der Waals surface area contributed by atoms with Gasteiger partial charge >= 0.3 is 0 Å². The quantitative estimate of drug-likeness (QED) is 0.838. The second-order valence-electron chi connectivity index (χ2n) is 5.07. The zero-order valence-corrected chi connectivity index (χ0v) is 12.8. The maximum absolute atomic E-state index is 5.96. The molecule has 4 heteroatoms. The molecule has 2 nitrogen and oxygen atoms in total. The molecule has 0 aliphatic rings. The third kappa shape index (κ3) is 5.47. The average Bonchev–Trinajstić information content (AvgIpc) is 2.22. The highest BCUT2D eigenvalue weighted by Crippen LogP contribution is 2.25. The van der Waals surface area contributed by atoms with Crippen LogP contribution in [0.15, 0.2) is 18.2 Å². The van der Waals surface area contributed by atoms with E-state index in [2.05, 4.69) is 33.0 Å². The summed E-state index contributed by atoms with van der Waals surface area (Å²) in [7, 11) is 0. The second kappa shape index (κ2) is 7.22. The summed E-state index contributed by atoms with van der Waals surface area (Å²) >= 11 is 11.9. The number of rotatable bonds is 6. The van der Waals surface area contributed by atoms with Crippen molar-refractivity contribution < 1.29 is 4.74 Å². The van der Waals surface area contributed by atoms with Gasteiger partial charge in [-0.3, -0.25) is 0 Å². The fourth-order valence-corrected chi connectivity index (χ4v) is 2.04. The van der Waals surface area contributed by atoms with Crippen molar-refractivity contribution >= 4 is 23.2 Å². The predicted octanol–water partition coefficient (Wildman–Crippen LogP) is 4.39. The van der Waals surface area contributed by atoms with Crippen LogP contribution in [0.1, 0.15) is 27.7 Å². The Morgan fingerprint density at radius 3 is 2.06 bits per heavy atom. The van der Waals surface area contributed by atoms with Gasteiger partial charge in [0.15, 0.2) is 0 Å². The normalized spacial score (nSPS) is 13.1. The van der Waals surface area contributed by atoms with Gasteiger partial charge in [0.1, 0.15) is 11.9 Å². The van der Waals surface area contributed by atoms with Crippen LogP contribution in [-0.4, -0.2) is 18.7 Å². The summed E-state index contributed by atoms with van der Waals surface area (Å²) in [5.74, 6) is 1.13. The van der Waals surface area contributed by atoms with Crippen molar-refractivity contribution in [2.75, 3.05) is 6.54 Å². The highest BCUT2D eigenvalue weighted by Gasteiger charge is 2.16. The number of halogens is 2. The molecule has 0 aromatic heterocycles. The van der Waals surface area contributed by atoms with E-state index in [4.69, 9.17) is 27.9 Å². The van der Waals surface area contributed by atoms with Crippen LogP contribution in [0.3, 0.4) is 0 Å². The molecular weight excluding hydrogens is 269 g/mol. The summed E-state index contributed by atoms with van der Waals surface area (Å²) < 4.78 is 5.96. The SMILES string of the molecule is CC(C)NCC(Oc1cc(Cl)cc(Cl)c1)C(C)C. The van der Waals surface area contributed by atoms with Gasteiger partial charge in [0.25, 0.3) is 0 Å². The molecule has 0 radical (unpaired) electrons. The Hall–Kier alpha value is -0.440. The van der Waals surface area contributed by atoms with Gasteiger partial charge in [-0.2, -0.15) is 0 Å². The van der Waals surface area contributed by atoms with Crippen molar-refractivity contribution in [3.63, 3.8) is 0 Å². The molecule has 0 spiro atoms. The molecule has 0 fully saturated rings. The molecule has 0 aliphatic heterocycles. The van der Waals surface area contributed by atoms with E-state index in [0.717, 1.165) is 12.3 Å². The molecule has 0 bridgehead atoms. The van der Waals surface area contributed by atoms with Gasteiger partial charge in [0, 0.05) is 22.6 Å². The first-order valence-electron chi connectivity index (χ1n) is 6.24. The molecule has 0 saturated carbocycles. The second-order valence-corrected chi connectivity index (χ2v) is 5.94. The van der Waals surface area contributed by atoms with Gasteiger partial charge in [-0.25, -0.2) is 0 Å². The Labute approximate surface area is 120 Å².